The molecule has 1 unspecified atom stereocenters. The molecule has 2 atom stereocenters. The lowest BCUT2D eigenvalue weighted by Crippen LogP contribution is -2.44. The second-order valence-corrected chi connectivity index (χ2v) is 8.97. The van der Waals surface area contributed by atoms with E-state index in [4.69, 9.17) is 4.74 Å². The number of benzene rings is 4. The van der Waals surface area contributed by atoms with Crippen LogP contribution in [-0.2, 0) is 6.42 Å². The molecule has 1 heterocycles. The molecule has 5 rings (SSSR count). The quantitative estimate of drug-likeness (QED) is 0.319. The van der Waals surface area contributed by atoms with E-state index in [1.54, 1.807) is 24.3 Å². The molecule has 4 aromatic rings. The molecule has 35 heavy (non-hydrogen) atoms. The number of rotatable bonds is 6. The van der Waals surface area contributed by atoms with Gasteiger partial charge in [0.05, 0.1) is 18.7 Å². The van der Waals surface area contributed by atoms with Crippen LogP contribution >= 0.6 is 0 Å². The van der Waals surface area contributed by atoms with Crippen LogP contribution in [-0.4, -0.2) is 25.4 Å². The first-order valence-electron chi connectivity index (χ1n) is 11.8. The van der Waals surface area contributed by atoms with Gasteiger partial charge in [-0.3, -0.25) is 0 Å². The van der Waals surface area contributed by atoms with Crippen molar-refractivity contribution in [1.29, 1.82) is 0 Å². The van der Waals surface area contributed by atoms with Crippen LogP contribution in [0.3, 0.4) is 0 Å². The third-order valence-electron chi connectivity index (χ3n) is 6.43. The van der Waals surface area contributed by atoms with Crippen LogP contribution in [0.5, 0.6) is 5.75 Å². The Labute approximate surface area is 203 Å². The van der Waals surface area contributed by atoms with E-state index in [-0.39, 0.29) is 17.7 Å². The Hall–Kier alpha value is -3.51. The van der Waals surface area contributed by atoms with E-state index in [0.29, 0.717) is 13.1 Å². The number of anilines is 2. The smallest absolute Gasteiger partial charge is 0.393 e. The number of nitrogens with zero attached hydrogens (tertiary/aromatic N) is 1. The van der Waals surface area contributed by atoms with Crippen molar-refractivity contribution in [2.75, 3.05) is 18.0 Å². The predicted molar refractivity (Wildman–Crippen MR) is 134 cm³/mol. The molecular weight excluding hydrogens is 449 g/mol. The van der Waals surface area contributed by atoms with Crippen molar-refractivity contribution in [3.8, 4) is 5.75 Å². The normalized spacial score (nSPS) is 16.6. The van der Waals surface area contributed by atoms with Gasteiger partial charge in [-0.1, -0.05) is 66.7 Å². The Morgan fingerprint density at radius 2 is 1.63 bits per heavy atom. The number of alkyl halides is 3. The lowest BCUT2D eigenvalue weighted by atomic mass is 9.99. The summed E-state index contributed by atoms with van der Waals surface area (Å²) in [7, 11) is 0. The zero-order chi connectivity index (χ0) is 24.4. The van der Waals surface area contributed by atoms with E-state index in [1.165, 1.54) is 16.3 Å². The Bertz CT molecular complexity index is 1300. The van der Waals surface area contributed by atoms with Gasteiger partial charge < -0.3 is 15.0 Å². The standard InChI is InChI=1S/C29H27F3N2O/c1-20(25-10-6-8-22-7-2-3-9-26(22)25)33-18-24-19-34(27-11-4-5-12-28(27)35-24)23-15-13-21(14-16-23)17-29(30,31)32/h2-16,20,24,33H,17-19H2,1H3/t20-,24?/m1/s1. The largest absolute Gasteiger partial charge is 0.485 e. The van der Waals surface area contributed by atoms with Crippen molar-refractivity contribution in [3.63, 3.8) is 0 Å². The molecule has 0 aromatic heterocycles. The van der Waals surface area contributed by atoms with Crippen molar-refractivity contribution in [3.05, 3.63) is 102 Å². The summed E-state index contributed by atoms with van der Waals surface area (Å²) in [4.78, 5) is 2.12. The monoisotopic (exact) mass is 476 g/mol. The van der Waals surface area contributed by atoms with Crippen molar-refractivity contribution in [2.24, 2.45) is 0 Å². The minimum absolute atomic E-state index is 0.122. The second kappa shape index (κ2) is 9.62. The summed E-state index contributed by atoms with van der Waals surface area (Å²) in [6, 6.07) is 29.2. The molecule has 3 nitrogen and oxygen atoms in total. The molecule has 4 aromatic carbocycles. The fraction of sp³-hybridized carbons (Fsp3) is 0.241. The summed E-state index contributed by atoms with van der Waals surface area (Å²) in [5.74, 6) is 0.766. The molecular formula is C29H27F3N2O. The number of hydrogen-bond acceptors (Lipinski definition) is 3. The molecule has 1 aliphatic rings. The Morgan fingerprint density at radius 3 is 2.43 bits per heavy atom. The second-order valence-electron chi connectivity index (χ2n) is 8.97. The molecule has 0 fully saturated rings. The predicted octanol–water partition coefficient (Wildman–Crippen LogP) is 7.19. The van der Waals surface area contributed by atoms with E-state index < -0.39 is 12.6 Å². The number of para-hydroxylation sites is 2. The zero-order valence-electron chi connectivity index (χ0n) is 19.4. The Kier molecular flexibility index (Phi) is 6.39. The summed E-state index contributed by atoms with van der Waals surface area (Å²) in [6.45, 7) is 3.36. The fourth-order valence-electron chi connectivity index (χ4n) is 4.72. The molecule has 0 radical (unpaired) electrons. The molecule has 0 bridgehead atoms. The average Bonchev–Trinajstić information content (AvgIpc) is 2.86. The maximum Gasteiger partial charge on any atom is 0.393 e. The van der Waals surface area contributed by atoms with Crippen molar-refractivity contribution in [1.82, 2.24) is 5.32 Å². The van der Waals surface area contributed by atoms with Gasteiger partial charge in [0.1, 0.15) is 11.9 Å². The van der Waals surface area contributed by atoms with Crippen LogP contribution < -0.4 is 15.0 Å². The maximum atomic E-state index is 12.8. The van der Waals surface area contributed by atoms with E-state index in [1.807, 2.05) is 30.3 Å². The van der Waals surface area contributed by atoms with Gasteiger partial charge in [-0.15, -0.1) is 0 Å². The fourth-order valence-corrected chi connectivity index (χ4v) is 4.72. The molecule has 180 valence electrons. The van der Waals surface area contributed by atoms with Gasteiger partial charge in [-0.25, -0.2) is 0 Å². The van der Waals surface area contributed by atoms with Crippen LogP contribution in [0.4, 0.5) is 24.5 Å². The summed E-state index contributed by atoms with van der Waals surface area (Å²) in [5.41, 5.74) is 3.24. The molecule has 6 heteroatoms. The van der Waals surface area contributed by atoms with Gasteiger partial charge in [0, 0.05) is 18.3 Å². The Balaban J connectivity index is 1.33. The van der Waals surface area contributed by atoms with Gasteiger partial charge in [-0.2, -0.15) is 13.2 Å². The number of halogens is 3. The highest BCUT2D eigenvalue weighted by molar-refractivity contribution is 5.86. The van der Waals surface area contributed by atoms with E-state index in [2.05, 4.69) is 53.5 Å². The minimum Gasteiger partial charge on any atom is -0.485 e. The SMILES string of the molecule is C[C@@H](NCC1CN(c2ccc(CC(F)(F)F)cc2)c2ccccc2O1)c1cccc2ccccc12. The van der Waals surface area contributed by atoms with Crippen molar-refractivity contribution < 1.29 is 17.9 Å². The number of nitrogens with one attached hydrogen (secondary N) is 1. The first kappa shape index (κ1) is 23.2. The highest BCUT2D eigenvalue weighted by Crippen LogP contribution is 2.38. The average molecular weight is 477 g/mol. The summed E-state index contributed by atoms with van der Waals surface area (Å²) >= 11 is 0. The zero-order valence-corrected chi connectivity index (χ0v) is 19.4. The van der Waals surface area contributed by atoms with E-state index in [9.17, 15) is 13.2 Å². The minimum atomic E-state index is -4.22. The first-order chi connectivity index (χ1) is 16.9. The highest BCUT2D eigenvalue weighted by atomic mass is 19.4. The first-order valence-corrected chi connectivity index (χ1v) is 11.8. The van der Waals surface area contributed by atoms with Crippen LogP contribution in [0.25, 0.3) is 10.8 Å². The maximum absolute atomic E-state index is 12.8. The molecule has 0 aliphatic carbocycles. The van der Waals surface area contributed by atoms with Crippen LogP contribution in [0.1, 0.15) is 24.1 Å². The van der Waals surface area contributed by atoms with Gasteiger partial charge in [0.25, 0.3) is 0 Å². The number of hydrogen-bond donors (Lipinski definition) is 1. The lowest BCUT2D eigenvalue weighted by Gasteiger charge is -2.37. The lowest BCUT2D eigenvalue weighted by molar-refractivity contribution is -0.127. The molecule has 1 aliphatic heterocycles. The summed E-state index contributed by atoms with van der Waals surface area (Å²) in [6.07, 6.45) is -5.27. The van der Waals surface area contributed by atoms with Gasteiger partial charge in [-0.05, 0) is 53.1 Å². The summed E-state index contributed by atoms with van der Waals surface area (Å²) in [5, 5.41) is 6.06. The number of ether oxygens (including phenoxy) is 1. The van der Waals surface area contributed by atoms with E-state index in [0.717, 1.165) is 17.1 Å². The van der Waals surface area contributed by atoms with Crippen LogP contribution in [0.15, 0.2) is 91.0 Å². The topological polar surface area (TPSA) is 24.5 Å². The Morgan fingerprint density at radius 1 is 0.914 bits per heavy atom. The van der Waals surface area contributed by atoms with Gasteiger partial charge in [0.2, 0.25) is 0 Å². The summed E-state index contributed by atoms with van der Waals surface area (Å²) < 4.78 is 44.6. The van der Waals surface area contributed by atoms with Crippen LogP contribution in [0.2, 0.25) is 0 Å². The molecule has 1 N–H and O–H groups in total. The highest BCUT2D eigenvalue weighted by Gasteiger charge is 2.29. The van der Waals surface area contributed by atoms with Gasteiger partial charge >= 0.3 is 6.18 Å². The molecule has 0 saturated carbocycles. The van der Waals surface area contributed by atoms with Crippen molar-refractivity contribution >= 4 is 22.1 Å². The van der Waals surface area contributed by atoms with Gasteiger partial charge in [0.15, 0.2) is 0 Å². The molecule has 0 amide bonds. The third kappa shape index (κ3) is 5.28. The third-order valence-corrected chi connectivity index (χ3v) is 6.43. The number of fused-ring (bicyclic) bond motifs is 2. The molecule has 0 spiro atoms. The van der Waals surface area contributed by atoms with Crippen molar-refractivity contribution in [2.45, 2.75) is 31.7 Å². The van der Waals surface area contributed by atoms with E-state index >= 15 is 0 Å². The van der Waals surface area contributed by atoms with Crippen LogP contribution in [0, 0.1) is 0 Å². The molecule has 0 saturated heterocycles.